The highest BCUT2D eigenvalue weighted by Gasteiger charge is 2.28. The van der Waals surface area contributed by atoms with Crippen LogP contribution in [0.25, 0.3) is 84.2 Å². The van der Waals surface area contributed by atoms with Crippen LogP contribution in [-0.4, -0.2) is 11.7 Å². The molecule has 4 heterocycles. The van der Waals surface area contributed by atoms with Gasteiger partial charge in [-0.15, -0.1) is 22.7 Å². The van der Waals surface area contributed by atoms with E-state index in [0.717, 1.165) is 66.8 Å². The van der Waals surface area contributed by atoms with E-state index in [0.29, 0.717) is 0 Å². The molecule has 0 amide bonds. The molecule has 1 atom stereocenters. The van der Waals surface area contributed by atoms with Gasteiger partial charge in [-0.2, -0.15) is 0 Å². The normalized spacial score (nSPS) is 14.7. The number of nitrogens with zero attached hydrogens (tertiary/aromatic N) is 2. The van der Waals surface area contributed by atoms with Crippen LogP contribution in [0.2, 0.25) is 0 Å². The molecule has 12 rings (SSSR count). The van der Waals surface area contributed by atoms with Gasteiger partial charge in [-0.05, 0) is 64.4 Å². The lowest BCUT2D eigenvalue weighted by atomic mass is 9.92. The van der Waals surface area contributed by atoms with Gasteiger partial charge >= 0.3 is 0 Å². The van der Waals surface area contributed by atoms with Crippen molar-refractivity contribution in [2.24, 2.45) is 9.98 Å². The molecule has 0 saturated heterocycles. The molecule has 258 valence electrons. The van der Waals surface area contributed by atoms with Crippen LogP contribution >= 0.6 is 22.7 Å². The van der Waals surface area contributed by atoms with E-state index in [9.17, 15) is 0 Å². The number of hydrogen-bond acceptors (Lipinski definition) is 6. The fraction of sp³-hybridized carbons (Fsp3) is 0.0204. The van der Waals surface area contributed by atoms with E-state index in [1.165, 1.54) is 45.7 Å². The molecular weight excluding hydrogens is 711 g/mol. The summed E-state index contributed by atoms with van der Waals surface area (Å²) in [6, 6.07) is 58.5. The van der Waals surface area contributed by atoms with Crippen molar-refractivity contribution < 1.29 is 4.42 Å². The third-order valence-electron chi connectivity index (χ3n) is 10.9. The van der Waals surface area contributed by atoms with Crippen molar-refractivity contribution in [3.05, 3.63) is 180 Å². The second kappa shape index (κ2) is 12.0. The summed E-state index contributed by atoms with van der Waals surface area (Å²) < 4.78 is 11.6. The fourth-order valence-corrected chi connectivity index (χ4v) is 10.6. The zero-order valence-electron chi connectivity index (χ0n) is 29.3. The molecular formula is C49H29N3OS2. The number of aliphatic imine (C=N–C) groups is 2. The van der Waals surface area contributed by atoms with Crippen molar-refractivity contribution in [1.82, 2.24) is 5.32 Å². The Labute approximate surface area is 323 Å². The molecule has 1 aliphatic heterocycles. The minimum absolute atomic E-state index is 0.561. The summed E-state index contributed by atoms with van der Waals surface area (Å²) in [7, 11) is 0. The van der Waals surface area contributed by atoms with E-state index in [1.807, 2.05) is 34.8 Å². The summed E-state index contributed by atoms with van der Waals surface area (Å²) in [5.41, 5.74) is 6.96. The van der Waals surface area contributed by atoms with Crippen LogP contribution in [0, 0.1) is 0 Å². The predicted octanol–water partition coefficient (Wildman–Crippen LogP) is 13.6. The van der Waals surface area contributed by atoms with E-state index < -0.39 is 6.17 Å². The monoisotopic (exact) mass is 739 g/mol. The topological polar surface area (TPSA) is 49.9 Å². The number of rotatable bonds is 4. The number of para-hydroxylation sites is 1. The summed E-state index contributed by atoms with van der Waals surface area (Å²) in [4.78, 5) is 11.0. The fourth-order valence-electron chi connectivity index (χ4n) is 8.34. The van der Waals surface area contributed by atoms with Gasteiger partial charge in [-0.3, -0.25) is 0 Å². The van der Waals surface area contributed by atoms with E-state index in [2.05, 4.69) is 157 Å². The number of fused-ring (bicyclic) bond motifs is 10. The molecule has 11 aromatic rings. The Hall–Kier alpha value is -6.60. The predicted molar refractivity (Wildman–Crippen MR) is 234 cm³/mol. The number of thiophene rings is 2. The van der Waals surface area contributed by atoms with Crippen molar-refractivity contribution in [3.63, 3.8) is 0 Å². The first kappa shape index (κ1) is 30.8. The molecule has 0 radical (unpaired) electrons. The Kier molecular flexibility index (Phi) is 6.70. The van der Waals surface area contributed by atoms with Crippen LogP contribution in [0.3, 0.4) is 0 Å². The van der Waals surface area contributed by atoms with Gasteiger partial charge in [0.25, 0.3) is 0 Å². The number of benzene rings is 8. The van der Waals surface area contributed by atoms with E-state index in [4.69, 9.17) is 14.4 Å². The van der Waals surface area contributed by atoms with Gasteiger partial charge in [0.05, 0.1) is 0 Å². The van der Waals surface area contributed by atoms with Crippen LogP contribution in [0.5, 0.6) is 0 Å². The highest BCUT2D eigenvalue weighted by molar-refractivity contribution is 7.26. The number of amidine groups is 2. The molecule has 1 unspecified atom stereocenters. The Bertz CT molecular complexity index is 3440. The lowest BCUT2D eigenvalue weighted by molar-refractivity contribution is 0.667. The molecule has 4 nitrogen and oxygen atoms in total. The molecule has 0 bridgehead atoms. The number of furan rings is 1. The minimum atomic E-state index is -0.561. The molecule has 3 aromatic heterocycles. The van der Waals surface area contributed by atoms with E-state index in [-0.39, 0.29) is 0 Å². The lowest BCUT2D eigenvalue weighted by Gasteiger charge is -2.24. The van der Waals surface area contributed by atoms with Crippen molar-refractivity contribution in [2.45, 2.75) is 6.17 Å². The van der Waals surface area contributed by atoms with Gasteiger partial charge < -0.3 is 9.73 Å². The average Bonchev–Trinajstić information content (AvgIpc) is 3.93. The molecule has 8 aromatic carbocycles. The largest absolute Gasteiger partial charge is 0.456 e. The molecule has 0 saturated carbocycles. The molecule has 0 spiro atoms. The van der Waals surface area contributed by atoms with Gasteiger partial charge in [0, 0.05) is 67.8 Å². The summed E-state index contributed by atoms with van der Waals surface area (Å²) in [6.45, 7) is 0. The third-order valence-corrected chi connectivity index (χ3v) is 13.2. The maximum Gasteiger partial charge on any atom is 0.171 e. The molecule has 55 heavy (non-hydrogen) atoms. The summed E-state index contributed by atoms with van der Waals surface area (Å²) in [5.74, 6) is 1.58. The highest BCUT2D eigenvalue weighted by atomic mass is 32.1. The van der Waals surface area contributed by atoms with Gasteiger partial charge in [0.1, 0.15) is 22.8 Å². The minimum Gasteiger partial charge on any atom is -0.456 e. The number of hydrogen-bond donors (Lipinski definition) is 1. The maximum absolute atomic E-state index is 6.52. The highest BCUT2D eigenvalue weighted by Crippen LogP contribution is 2.44. The Morgan fingerprint density at radius 3 is 1.75 bits per heavy atom. The Morgan fingerprint density at radius 2 is 1.00 bits per heavy atom. The zero-order chi connectivity index (χ0) is 36.0. The van der Waals surface area contributed by atoms with Crippen molar-refractivity contribution in [3.8, 4) is 11.1 Å². The molecule has 0 fully saturated rings. The van der Waals surface area contributed by atoms with Crippen molar-refractivity contribution >= 4 is 107 Å². The van der Waals surface area contributed by atoms with Crippen molar-refractivity contribution in [2.75, 3.05) is 0 Å². The number of nitrogens with one attached hydrogen (secondary N) is 1. The molecule has 1 N–H and O–H groups in total. The standard InChI is InChI=1S/C49H29N3OS2/c1-2-10-29-25-31(18-17-28(29)9-1)47-50-48(32-20-22-37-35-12-5-8-16-42(35)55-44(37)27-32)52-49(51-47)46-33(23-24-40-45(46)38-13-3-6-14-39(38)53-40)30-19-21-36-34-11-4-7-15-41(34)54-43(36)26-30/h1-27,49H,(H,50,51,52). The van der Waals surface area contributed by atoms with Crippen LogP contribution in [0.1, 0.15) is 22.9 Å². The molecule has 0 aliphatic carbocycles. The summed E-state index contributed by atoms with van der Waals surface area (Å²) in [6.07, 6.45) is -0.561. The van der Waals surface area contributed by atoms with Gasteiger partial charge in [0.15, 0.2) is 6.17 Å². The van der Waals surface area contributed by atoms with Gasteiger partial charge in [-0.1, -0.05) is 121 Å². The van der Waals surface area contributed by atoms with Crippen LogP contribution in [-0.2, 0) is 0 Å². The second-order valence-electron chi connectivity index (χ2n) is 14.1. The zero-order valence-corrected chi connectivity index (χ0v) is 30.9. The van der Waals surface area contributed by atoms with Crippen molar-refractivity contribution in [1.29, 1.82) is 0 Å². The molecule has 1 aliphatic rings. The average molecular weight is 740 g/mol. The maximum atomic E-state index is 6.52. The first-order valence-corrected chi connectivity index (χ1v) is 20.0. The van der Waals surface area contributed by atoms with Gasteiger partial charge in [-0.25, -0.2) is 9.98 Å². The SMILES string of the molecule is c1ccc2cc(C3=NC(c4c(-c5ccc6c(c5)sc5ccccc56)ccc5oc6ccccc6c45)N=C(c4ccc5c(c4)sc4ccccc45)N3)ccc2c1. The smallest absolute Gasteiger partial charge is 0.171 e. The van der Waals surface area contributed by atoms with E-state index in [1.54, 1.807) is 0 Å². The van der Waals surface area contributed by atoms with Gasteiger partial charge in [0.2, 0.25) is 0 Å². The quantitative estimate of drug-likeness (QED) is 0.195. The van der Waals surface area contributed by atoms with Crippen LogP contribution in [0.15, 0.2) is 178 Å². The Balaban J connectivity index is 1.12. The van der Waals surface area contributed by atoms with Crippen LogP contribution in [0.4, 0.5) is 0 Å². The third kappa shape index (κ3) is 4.89. The summed E-state index contributed by atoms with van der Waals surface area (Å²) >= 11 is 3.65. The summed E-state index contributed by atoms with van der Waals surface area (Å²) in [5, 5.41) is 13.3. The Morgan fingerprint density at radius 1 is 0.436 bits per heavy atom. The molecule has 6 heteroatoms. The second-order valence-corrected chi connectivity index (χ2v) is 16.3. The van der Waals surface area contributed by atoms with E-state index >= 15 is 0 Å². The van der Waals surface area contributed by atoms with Crippen LogP contribution < -0.4 is 5.32 Å². The first-order chi connectivity index (χ1) is 27.2. The lowest BCUT2D eigenvalue weighted by Crippen LogP contribution is -2.36. The first-order valence-electron chi connectivity index (χ1n) is 18.4.